The fourth-order valence-corrected chi connectivity index (χ4v) is 3.35. The largest absolute Gasteiger partial charge is 0.339 e. The molecule has 0 unspecified atom stereocenters. The topological polar surface area (TPSA) is 24.4 Å². The molecule has 0 bridgehead atoms. The Bertz CT molecular complexity index is 1080. The second-order valence-electron chi connectivity index (χ2n) is 5.79. The van der Waals surface area contributed by atoms with Gasteiger partial charge in [-0.15, -0.1) is 0 Å². The van der Waals surface area contributed by atoms with Crippen LogP contribution in [0.2, 0.25) is 0 Å². The van der Waals surface area contributed by atoms with Gasteiger partial charge in [-0.3, -0.25) is 0 Å². The first-order valence-corrected chi connectivity index (χ1v) is 7.76. The van der Waals surface area contributed by atoms with Gasteiger partial charge in [-0.25, -0.2) is 4.99 Å². The van der Waals surface area contributed by atoms with E-state index >= 15 is 0 Å². The number of rotatable bonds is 1. The Morgan fingerprint density at radius 3 is 2.35 bits per heavy atom. The first kappa shape index (κ1) is 12.4. The van der Waals surface area contributed by atoms with Gasteiger partial charge in [0.05, 0.1) is 5.69 Å². The molecular formula is C21H14N2. The van der Waals surface area contributed by atoms with Crippen molar-refractivity contribution >= 4 is 38.8 Å². The quantitative estimate of drug-likeness (QED) is 0.492. The SMILES string of the molecule is c1ccc2c(N=C3Nc4cccc5cccc3c45)cccc2c1. The molecule has 23 heavy (non-hydrogen) atoms. The summed E-state index contributed by atoms with van der Waals surface area (Å²) < 4.78 is 0. The van der Waals surface area contributed by atoms with E-state index < -0.39 is 0 Å². The number of anilines is 1. The van der Waals surface area contributed by atoms with Gasteiger partial charge in [0.25, 0.3) is 0 Å². The van der Waals surface area contributed by atoms with Crippen LogP contribution in [-0.4, -0.2) is 5.84 Å². The second-order valence-corrected chi connectivity index (χ2v) is 5.79. The fourth-order valence-electron chi connectivity index (χ4n) is 3.35. The van der Waals surface area contributed by atoms with E-state index in [0.29, 0.717) is 0 Å². The molecule has 1 heterocycles. The van der Waals surface area contributed by atoms with Crippen LogP contribution in [0.15, 0.2) is 83.9 Å². The Kier molecular flexibility index (Phi) is 2.53. The minimum Gasteiger partial charge on any atom is -0.339 e. The number of fused-ring (bicyclic) bond motifs is 1. The Balaban J connectivity index is 1.75. The monoisotopic (exact) mass is 294 g/mol. The first-order chi connectivity index (χ1) is 11.4. The van der Waals surface area contributed by atoms with Crippen molar-refractivity contribution in [3.63, 3.8) is 0 Å². The summed E-state index contributed by atoms with van der Waals surface area (Å²) in [6.45, 7) is 0. The summed E-state index contributed by atoms with van der Waals surface area (Å²) in [5, 5.41) is 8.36. The van der Waals surface area contributed by atoms with Gasteiger partial charge in [0, 0.05) is 22.0 Å². The lowest BCUT2D eigenvalue weighted by atomic mass is 10.1. The van der Waals surface area contributed by atoms with Crippen LogP contribution in [0, 0.1) is 0 Å². The average molecular weight is 294 g/mol. The molecule has 108 valence electrons. The van der Waals surface area contributed by atoms with Crippen molar-refractivity contribution in [2.45, 2.75) is 0 Å². The third-order valence-electron chi connectivity index (χ3n) is 4.41. The van der Waals surface area contributed by atoms with E-state index in [4.69, 9.17) is 4.99 Å². The summed E-state index contributed by atoms with van der Waals surface area (Å²) in [4.78, 5) is 4.93. The molecule has 2 nitrogen and oxygen atoms in total. The predicted molar refractivity (Wildman–Crippen MR) is 97.7 cm³/mol. The van der Waals surface area contributed by atoms with Crippen molar-refractivity contribution in [1.82, 2.24) is 0 Å². The summed E-state index contributed by atoms with van der Waals surface area (Å²) in [5.41, 5.74) is 3.30. The van der Waals surface area contributed by atoms with Crippen molar-refractivity contribution < 1.29 is 0 Å². The van der Waals surface area contributed by atoms with Gasteiger partial charge < -0.3 is 5.32 Å². The maximum absolute atomic E-state index is 4.93. The van der Waals surface area contributed by atoms with Crippen molar-refractivity contribution in [2.75, 3.05) is 5.32 Å². The first-order valence-electron chi connectivity index (χ1n) is 7.76. The lowest BCUT2D eigenvalue weighted by Crippen LogP contribution is -2.06. The van der Waals surface area contributed by atoms with Gasteiger partial charge >= 0.3 is 0 Å². The maximum Gasteiger partial charge on any atom is 0.139 e. The molecule has 0 saturated carbocycles. The molecule has 5 rings (SSSR count). The normalized spacial score (nSPS) is 14.5. The Labute approximate surface area is 134 Å². The smallest absolute Gasteiger partial charge is 0.139 e. The zero-order valence-electron chi connectivity index (χ0n) is 12.5. The molecule has 1 N–H and O–H groups in total. The molecule has 0 atom stereocenters. The summed E-state index contributed by atoms with van der Waals surface area (Å²) >= 11 is 0. The van der Waals surface area contributed by atoms with Gasteiger partial charge in [0.2, 0.25) is 0 Å². The molecule has 0 spiro atoms. The zero-order chi connectivity index (χ0) is 15.2. The molecule has 1 aliphatic rings. The average Bonchev–Trinajstić information content (AvgIpc) is 2.95. The van der Waals surface area contributed by atoms with E-state index in [0.717, 1.165) is 17.2 Å². The molecule has 0 aliphatic carbocycles. The van der Waals surface area contributed by atoms with Gasteiger partial charge in [0.15, 0.2) is 0 Å². The van der Waals surface area contributed by atoms with Crippen molar-refractivity contribution in [3.05, 3.63) is 84.4 Å². The van der Waals surface area contributed by atoms with E-state index in [1.165, 1.54) is 27.1 Å². The fraction of sp³-hybridized carbons (Fsp3) is 0. The van der Waals surface area contributed by atoms with Crippen LogP contribution >= 0.6 is 0 Å². The highest BCUT2D eigenvalue weighted by Gasteiger charge is 2.19. The molecule has 0 aromatic heterocycles. The molecule has 1 aliphatic heterocycles. The minimum atomic E-state index is 0.924. The number of amidine groups is 1. The molecule has 0 radical (unpaired) electrons. The zero-order valence-corrected chi connectivity index (χ0v) is 12.5. The molecule has 4 aromatic rings. The molecule has 4 aromatic carbocycles. The Morgan fingerprint density at radius 1 is 0.652 bits per heavy atom. The number of benzene rings is 4. The molecule has 0 amide bonds. The maximum atomic E-state index is 4.93. The van der Waals surface area contributed by atoms with E-state index in [2.05, 4.69) is 84.2 Å². The van der Waals surface area contributed by atoms with Crippen LogP contribution in [-0.2, 0) is 0 Å². The Morgan fingerprint density at radius 2 is 1.39 bits per heavy atom. The van der Waals surface area contributed by atoms with Gasteiger partial charge in [-0.1, -0.05) is 66.7 Å². The number of hydrogen-bond acceptors (Lipinski definition) is 1. The third kappa shape index (κ3) is 1.85. The van der Waals surface area contributed by atoms with E-state index in [1.807, 2.05) is 0 Å². The standard InChI is InChI=1S/C21H14N2/c1-2-10-16-14(6-1)7-4-12-18(16)22-21-17-11-3-8-15-9-5-13-19(23-21)20(15)17/h1-13H,(H,22,23). The number of aliphatic imine (C=N–C) groups is 1. The number of hydrogen-bond donors (Lipinski definition) is 1. The lowest BCUT2D eigenvalue weighted by Gasteiger charge is -2.05. The van der Waals surface area contributed by atoms with Gasteiger partial charge in [0.1, 0.15) is 5.84 Å². The van der Waals surface area contributed by atoms with E-state index in [9.17, 15) is 0 Å². The number of nitrogens with zero attached hydrogens (tertiary/aromatic N) is 1. The van der Waals surface area contributed by atoms with Crippen LogP contribution in [0.1, 0.15) is 5.56 Å². The van der Waals surface area contributed by atoms with Crippen LogP contribution < -0.4 is 5.32 Å². The van der Waals surface area contributed by atoms with E-state index in [-0.39, 0.29) is 0 Å². The number of nitrogens with one attached hydrogen (secondary N) is 1. The highest BCUT2D eigenvalue weighted by Crippen LogP contribution is 2.35. The second kappa shape index (κ2) is 4.68. The van der Waals surface area contributed by atoms with E-state index in [1.54, 1.807) is 0 Å². The third-order valence-corrected chi connectivity index (χ3v) is 4.41. The van der Waals surface area contributed by atoms with Crippen LogP contribution in [0.5, 0.6) is 0 Å². The van der Waals surface area contributed by atoms with Gasteiger partial charge in [-0.05, 0) is 22.9 Å². The molecule has 2 heteroatoms. The molecule has 0 fully saturated rings. The van der Waals surface area contributed by atoms with Crippen molar-refractivity contribution in [3.8, 4) is 0 Å². The lowest BCUT2D eigenvalue weighted by molar-refractivity contribution is 1.53. The summed E-state index contributed by atoms with van der Waals surface area (Å²) in [5.74, 6) is 0.924. The summed E-state index contributed by atoms with van der Waals surface area (Å²) in [6.07, 6.45) is 0. The summed E-state index contributed by atoms with van der Waals surface area (Å²) in [7, 11) is 0. The molecular weight excluding hydrogens is 280 g/mol. The van der Waals surface area contributed by atoms with Crippen molar-refractivity contribution in [2.24, 2.45) is 4.99 Å². The highest BCUT2D eigenvalue weighted by atomic mass is 15.0. The van der Waals surface area contributed by atoms with Crippen LogP contribution in [0.4, 0.5) is 11.4 Å². The molecule has 0 saturated heterocycles. The van der Waals surface area contributed by atoms with Crippen molar-refractivity contribution in [1.29, 1.82) is 0 Å². The van der Waals surface area contributed by atoms with Crippen LogP contribution in [0.3, 0.4) is 0 Å². The summed E-state index contributed by atoms with van der Waals surface area (Å²) in [6, 6.07) is 27.3. The highest BCUT2D eigenvalue weighted by molar-refractivity contribution is 6.26. The van der Waals surface area contributed by atoms with Crippen LogP contribution in [0.25, 0.3) is 21.5 Å². The Hall–Kier alpha value is -3.13. The minimum absolute atomic E-state index is 0.924. The van der Waals surface area contributed by atoms with Gasteiger partial charge in [-0.2, -0.15) is 0 Å². The predicted octanol–water partition coefficient (Wildman–Crippen LogP) is 5.50.